The summed E-state index contributed by atoms with van der Waals surface area (Å²) in [6.45, 7) is 2.17. The summed E-state index contributed by atoms with van der Waals surface area (Å²) in [6, 6.07) is 21.0. The first-order valence-electron chi connectivity index (χ1n) is 7.02. The van der Waals surface area contributed by atoms with Crippen LogP contribution in [0.2, 0.25) is 5.02 Å². The molecule has 1 unspecified atom stereocenters. The zero-order valence-corrected chi connectivity index (χ0v) is 14.2. The molecule has 2 heteroatoms. The van der Waals surface area contributed by atoms with E-state index in [4.69, 9.17) is 11.6 Å². The Balaban J connectivity index is 2.01. The van der Waals surface area contributed by atoms with Crippen molar-refractivity contribution in [2.75, 3.05) is 0 Å². The highest BCUT2D eigenvalue weighted by atomic mass is 79.9. The van der Waals surface area contributed by atoms with E-state index in [0.717, 1.165) is 11.4 Å². The second-order valence-corrected chi connectivity index (χ2v) is 6.86. The molecule has 0 bridgehead atoms. The van der Waals surface area contributed by atoms with Crippen LogP contribution in [-0.4, -0.2) is 0 Å². The zero-order chi connectivity index (χ0) is 14.8. The highest BCUT2D eigenvalue weighted by Gasteiger charge is 2.14. The largest absolute Gasteiger partial charge is 0.0843 e. The molecule has 0 heterocycles. The van der Waals surface area contributed by atoms with Crippen molar-refractivity contribution < 1.29 is 0 Å². The van der Waals surface area contributed by atoms with Crippen LogP contribution >= 0.6 is 27.5 Å². The summed E-state index contributed by atoms with van der Waals surface area (Å²) in [5.41, 5.74) is 3.93. The molecular weight excluding hydrogens is 344 g/mol. The van der Waals surface area contributed by atoms with Gasteiger partial charge in [-0.05, 0) is 52.9 Å². The predicted octanol–water partition coefficient (Wildman–Crippen LogP) is 6.48. The fourth-order valence-electron chi connectivity index (χ4n) is 2.79. The predicted molar refractivity (Wildman–Crippen MR) is 95.5 cm³/mol. The summed E-state index contributed by atoms with van der Waals surface area (Å²) in [5.74, 6) is 0. The fourth-order valence-corrected chi connectivity index (χ4v) is 3.99. The van der Waals surface area contributed by atoms with Gasteiger partial charge in [0.1, 0.15) is 0 Å². The number of alkyl halides is 1. The highest BCUT2D eigenvalue weighted by molar-refractivity contribution is 9.09. The maximum atomic E-state index is 6.09. The van der Waals surface area contributed by atoms with E-state index in [2.05, 4.69) is 65.3 Å². The Labute approximate surface area is 138 Å². The Hall–Kier alpha value is -1.31. The lowest BCUT2D eigenvalue weighted by atomic mass is 9.94. The third kappa shape index (κ3) is 3.14. The summed E-state index contributed by atoms with van der Waals surface area (Å²) in [7, 11) is 0. The lowest BCUT2D eigenvalue weighted by Gasteiger charge is -2.16. The summed E-state index contributed by atoms with van der Waals surface area (Å²) >= 11 is 9.96. The van der Waals surface area contributed by atoms with Crippen molar-refractivity contribution in [3.8, 4) is 0 Å². The number of benzene rings is 3. The molecule has 0 spiro atoms. The van der Waals surface area contributed by atoms with Gasteiger partial charge in [-0.15, -0.1) is 0 Å². The van der Waals surface area contributed by atoms with Crippen molar-refractivity contribution in [1.29, 1.82) is 0 Å². The van der Waals surface area contributed by atoms with Crippen LogP contribution < -0.4 is 0 Å². The van der Waals surface area contributed by atoms with Gasteiger partial charge in [-0.1, -0.05) is 76.1 Å². The van der Waals surface area contributed by atoms with E-state index in [1.807, 2.05) is 18.2 Å². The molecular formula is C19H16BrCl. The van der Waals surface area contributed by atoms with Gasteiger partial charge >= 0.3 is 0 Å². The molecule has 0 saturated heterocycles. The second-order valence-electron chi connectivity index (χ2n) is 5.32. The minimum atomic E-state index is 0.280. The second kappa shape index (κ2) is 6.21. The van der Waals surface area contributed by atoms with Crippen LogP contribution in [0, 0.1) is 6.92 Å². The molecule has 0 nitrogen and oxygen atoms in total. The smallest absolute Gasteiger partial charge is 0.0444 e. The molecule has 0 radical (unpaired) electrons. The fraction of sp³-hybridized carbons (Fsp3) is 0.158. The number of hydrogen-bond acceptors (Lipinski definition) is 0. The van der Waals surface area contributed by atoms with E-state index in [1.165, 1.54) is 27.5 Å². The summed E-state index contributed by atoms with van der Waals surface area (Å²) in [6.07, 6.45) is 0.926. The molecule has 0 aliphatic rings. The molecule has 3 aromatic rings. The maximum Gasteiger partial charge on any atom is 0.0444 e. The van der Waals surface area contributed by atoms with Crippen LogP contribution in [0.4, 0.5) is 0 Å². The molecule has 0 aliphatic heterocycles. The van der Waals surface area contributed by atoms with Gasteiger partial charge in [0.05, 0.1) is 0 Å². The van der Waals surface area contributed by atoms with Crippen LogP contribution in [0.1, 0.15) is 21.5 Å². The molecule has 0 aromatic heterocycles. The molecule has 0 fully saturated rings. The zero-order valence-electron chi connectivity index (χ0n) is 11.8. The third-order valence-corrected chi connectivity index (χ3v) is 4.82. The topological polar surface area (TPSA) is 0 Å². The molecule has 0 saturated carbocycles. The average molecular weight is 360 g/mol. The van der Waals surface area contributed by atoms with Crippen LogP contribution in [-0.2, 0) is 6.42 Å². The van der Waals surface area contributed by atoms with Crippen LogP contribution in [0.5, 0.6) is 0 Å². The van der Waals surface area contributed by atoms with Crippen LogP contribution in [0.15, 0.2) is 60.7 Å². The molecule has 3 aromatic carbocycles. The first-order valence-corrected chi connectivity index (χ1v) is 8.31. The highest BCUT2D eigenvalue weighted by Crippen LogP contribution is 2.35. The van der Waals surface area contributed by atoms with Crippen LogP contribution in [0.3, 0.4) is 0 Å². The van der Waals surface area contributed by atoms with Crippen molar-refractivity contribution >= 4 is 38.3 Å². The number of fused-ring (bicyclic) bond motifs is 1. The maximum absolute atomic E-state index is 6.09. The minimum Gasteiger partial charge on any atom is -0.0843 e. The number of rotatable bonds is 3. The first kappa shape index (κ1) is 14.6. The lowest BCUT2D eigenvalue weighted by Crippen LogP contribution is -1.99. The van der Waals surface area contributed by atoms with Crippen molar-refractivity contribution in [2.45, 2.75) is 18.2 Å². The van der Waals surface area contributed by atoms with E-state index in [-0.39, 0.29) is 4.83 Å². The monoisotopic (exact) mass is 358 g/mol. The van der Waals surface area contributed by atoms with E-state index in [0.29, 0.717) is 0 Å². The van der Waals surface area contributed by atoms with Crippen molar-refractivity contribution in [2.24, 2.45) is 0 Å². The van der Waals surface area contributed by atoms with Crippen molar-refractivity contribution in [1.82, 2.24) is 0 Å². The standard InChI is InChI=1S/C19H16BrCl/c1-13-9-10-15-6-2-3-8-17(15)19(13)18(20)12-14-5-4-7-16(21)11-14/h2-11,18H,12H2,1H3. The van der Waals surface area contributed by atoms with Crippen molar-refractivity contribution in [3.63, 3.8) is 0 Å². The van der Waals surface area contributed by atoms with E-state index < -0.39 is 0 Å². The Bertz CT molecular complexity index is 779. The van der Waals surface area contributed by atoms with Gasteiger partial charge in [0.15, 0.2) is 0 Å². The summed E-state index contributed by atoms with van der Waals surface area (Å²) < 4.78 is 0. The van der Waals surface area contributed by atoms with Crippen molar-refractivity contribution in [3.05, 3.63) is 82.4 Å². The number of halogens is 2. The van der Waals surface area contributed by atoms with E-state index in [9.17, 15) is 0 Å². The Morgan fingerprint density at radius 1 is 1.00 bits per heavy atom. The van der Waals surface area contributed by atoms with E-state index in [1.54, 1.807) is 0 Å². The molecule has 21 heavy (non-hydrogen) atoms. The number of hydrogen-bond donors (Lipinski definition) is 0. The van der Waals surface area contributed by atoms with Gasteiger partial charge in [-0.25, -0.2) is 0 Å². The minimum absolute atomic E-state index is 0.280. The Morgan fingerprint density at radius 2 is 1.81 bits per heavy atom. The molecule has 3 rings (SSSR count). The average Bonchev–Trinajstić information content (AvgIpc) is 2.47. The lowest BCUT2D eigenvalue weighted by molar-refractivity contribution is 0.948. The summed E-state index contributed by atoms with van der Waals surface area (Å²) in [5, 5.41) is 3.40. The normalized spacial score (nSPS) is 12.5. The number of aryl methyl sites for hydroxylation is 1. The molecule has 0 N–H and O–H groups in total. The SMILES string of the molecule is Cc1ccc2ccccc2c1C(Br)Cc1cccc(Cl)c1. The first-order chi connectivity index (χ1) is 10.1. The van der Waals surface area contributed by atoms with Gasteiger partial charge in [-0.2, -0.15) is 0 Å². The molecule has 0 amide bonds. The van der Waals surface area contributed by atoms with Gasteiger partial charge in [-0.3, -0.25) is 0 Å². The van der Waals surface area contributed by atoms with Gasteiger partial charge in [0.2, 0.25) is 0 Å². The molecule has 106 valence electrons. The van der Waals surface area contributed by atoms with Gasteiger partial charge < -0.3 is 0 Å². The van der Waals surface area contributed by atoms with Crippen LogP contribution in [0.25, 0.3) is 10.8 Å². The third-order valence-electron chi connectivity index (χ3n) is 3.81. The Morgan fingerprint density at radius 3 is 2.62 bits per heavy atom. The van der Waals surface area contributed by atoms with Gasteiger partial charge in [0, 0.05) is 9.85 Å². The molecule has 0 aliphatic carbocycles. The summed E-state index contributed by atoms with van der Waals surface area (Å²) in [4.78, 5) is 0.280. The van der Waals surface area contributed by atoms with E-state index >= 15 is 0 Å². The quantitative estimate of drug-likeness (QED) is 0.469. The Kier molecular flexibility index (Phi) is 4.32. The molecule has 1 atom stereocenters. The van der Waals surface area contributed by atoms with Gasteiger partial charge in [0.25, 0.3) is 0 Å².